The Labute approximate surface area is 173 Å². The third-order valence-corrected chi connectivity index (χ3v) is 5.60. The topological polar surface area (TPSA) is 107 Å². The van der Waals surface area contributed by atoms with E-state index in [9.17, 15) is 37.1 Å². The Hall–Kier alpha value is -3.44. The highest BCUT2D eigenvalue weighted by atomic mass is 19.4. The molecule has 1 aromatic carbocycles. The molecule has 12 heteroatoms. The molecule has 164 valence electrons. The molecule has 0 saturated carbocycles. The Morgan fingerprint density at radius 2 is 1.61 bits per heavy atom. The molecule has 0 spiro atoms. The molecule has 9 nitrogen and oxygen atoms in total. The Balaban J connectivity index is 1.50. The number of carbonyl (C=O) groups excluding carboxylic acids is 5. The molecule has 3 heterocycles. The van der Waals surface area contributed by atoms with E-state index in [0.717, 1.165) is 9.80 Å². The molecule has 3 aliphatic rings. The van der Waals surface area contributed by atoms with E-state index < -0.39 is 41.8 Å². The van der Waals surface area contributed by atoms with Crippen LogP contribution in [0.25, 0.3) is 0 Å². The van der Waals surface area contributed by atoms with Crippen molar-refractivity contribution in [2.24, 2.45) is 0 Å². The molecule has 0 aliphatic carbocycles. The zero-order valence-corrected chi connectivity index (χ0v) is 16.1. The summed E-state index contributed by atoms with van der Waals surface area (Å²) >= 11 is 0. The van der Waals surface area contributed by atoms with Crippen molar-refractivity contribution in [2.45, 2.75) is 25.1 Å². The molecule has 2 saturated heterocycles. The predicted molar refractivity (Wildman–Crippen MR) is 98.0 cm³/mol. The first-order valence-corrected chi connectivity index (χ1v) is 9.54. The number of amides is 5. The van der Waals surface area contributed by atoms with Crippen LogP contribution in [0, 0.1) is 0 Å². The van der Waals surface area contributed by atoms with Crippen molar-refractivity contribution < 1.29 is 37.1 Å². The average Bonchev–Trinajstić information content (AvgIpc) is 2.97. The van der Waals surface area contributed by atoms with Gasteiger partial charge in [0, 0.05) is 38.3 Å². The minimum atomic E-state index is -4.93. The van der Waals surface area contributed by atoms with Crippen molar-refractivity contribution in [3.05, 3.63) is 29.3 Å². The number of fused-ring (bicyclic) bond motifs is 1. The van der Waals surface area contributed by atoms with E-state index in [2.05, 4.69) is 5.32 Å². The van der Waals surface area contributed by atoms with Crippen LogP contribution in [-0.4, -0.2) is 77.7 Å². The molecule has 31 heavy (non-hydrogen) atoms. The molecule has 1 aromatic rings. The van der Waals surface area contributed by atoms with Crippen molar-refractivity contribution in [1.82, 2.24) is 15.1 Å². The number of rotatable bonds is 2. The number of carbonyl (C=O) groups is 5. The molecule has 0 radical (unpaired) electrons. The summed E-state index contributed by atoms with van der Waals surface area (Å²) in [6.45, 7) is -0.0192. The third kappa shape index (κ3) is 3.62. The van der Waals surface area contributed by atoms with Crippen LogP contribution in [0.15, 0.2) is 18.2 Å². The first kappa shape index (κ1) is 20.8. The summed E-state index contributed by atoms with van der Waals surface area (Å²) in [6, 6.07) is 3.39. The lowest BCUT2D eigenvalue weighted by Crippen LogP contribution is -2.54. The molecule has 1 unspecified atom stereocenters. The Morgan fingerprint density at radius 1 is 0.968 bits per heavy atom. The number of nitrogens with zero attached hydrogens (tertiary/aromatic N) is 3. The lowest BCUT2D eigenvalue weighted by Gasteiger charge is -2.36. The normalized spacial score (nSPS) is 22.0. The maximum atomic E-state index is 12.9. The molecule has 5 amide bonds. The summed E-state index contributed by atoms with van der Waals surface area (Å²) in [5, 5.41) is 2.12. The molecule has 4 rings (SSSR count). The summed E-state index contributed by atoms with van der Waals surface area (Å²) in [5.74, 6) is -4.37. The van der Waals surface area contributed by atoms with E-state index in [4.69, 9.17) is 0 Å². The second-order valence-corrected chi connectivity index (χ2v) is 7.45. The zero-order valence-electron chi connectivity index (χ0n) is 16.1. The minimum absolute atomic E-state index is 0.00991. The summed E-state index contributed by atoms with van der Waals surface area (Å²) in [7, 11) is 0. The maximum Gasteiger partial charge on any atom is 0.471 e. The van der Waals surface area contributed by atoms with Gasteiger partial charge in [-0.25, -0.2) is 0 Å². The van der Waals surface area contributed by atoms with Gasteiger partial charge in [0.2, 0.25) is 11.8 Å². The quantitative estimate of drug-likeness (QED) is 0.666. The largest absolute Gasteiger partial charge is 0.471 e. The number of alkyl halides is 3. The number of hydrogen-bond acceptors (Lipinski definition) is 6. The van der Waals surface area contributed by atoms with Crippen molar-refractivity contribution >= 4 is 35.2 Å². The van der Waals surface area contributed by atoms with E-state index in [-0.39, 0.29) is 50.1 Å². The number of imide groups is 2. The van der Waals surface area contributed by atoms with Crippen LogP contribution in [-0.2, 0) is 14.4 Å². The predicted octanol–water partition coefficient (Wildman–Crippen LogP) is 0.299. The number of anilines is 1. The number of benzene rings is 1. The van der Waals surface area contributed by atoms with Gasteiger partial charge in [0.05, 0.1) is 11.1 Å². The first-order valence-electron chi connectivity index (χ1n) is 9.54. The van der Waals surface area contributed by atoms with Crippen LogP contribution in [0.1, 0.15) is 33.6 Å². The zero-order chi connectivity index (χ0) is 22.5. The van der Waals surface area contributed by atoms with E-state index in [0.29, 0.717) is 5.69 Å². The molecule has 3 aliphatic heterocycles. The first-order chi connectivity index (χ1) is 14.6. The third-order valence-electron chi connectivity index (χ3n) is 5.60. The van der Waals surface area contributed by atoms with E-state index >= 15 is 0 Å². The number of piperazine rings is 1. The second kappa shape index (κ2) is 7.36. The summed E-state index contributed by atoms with van der Waals surface area (Å²) < 4.78 is 37.8. The van der Waals surface area contributed by atoms with Crippen molar-refractivity contribution in [1.29, 1.82) is 0 Å². The fourth-order valence-corrected chi connectivity index (χ4v) is 4.00. The van der Waals surface area contributed by atoms with E-state index in [1.807, 2.05) is 0 Å². The van der Waals surface area contributed by atoms with Gasteiger partial charge in [-0.15, -0.1) is 0 Å². The highest BCUT2D eigenvalue weighted by Crippen LogP contribution is 2.31. The van der Waals surface area contributed by atoms with Gasteiger partial charge in [-0.05, 0) is 24.6 Å². The fourth-order valence-electron chi connectivity index (χ4n) is 4.00. The van der Waals surface area contributed by atoms with Gasteiger partial charge in [-0.1, -0.05) is 0 Å². The number of halogens is 3. The van der Waals surface area contributed by atoms with Crippen LogP contribution in [0.5, 0.6) is 0 Å². The number of nitrogens with one attached hydrogen (secondary N) is 1. The summed E-state index contributed by atoms with van der Waals surface area (Å²) in [4.78, 5) is 63.7. The standard InChI is InChI=1S/C19H17F3N4O5/c20-19(21,22)18(31)25-7-5-24(6-8-25)10-1-2-11-12(9-10)17(30)26(16(11)29)13-3-4-14(27)23-15(13)28/h1-2,9,13H,3-8H2,(H,23,27,28). The van der Waals surface area contributed by atoms with Gasteiger partial charge in [0.1, 0.15) is 6.04 Å². The van der Waals surface area contributed by atoms with Crippen LogP contribution in [0.3, 0.4) is 0 Å². The van der Waals surface area contributed by atoms with Crippen LogP contribution < -0.4 is 10.2 Å². The maximum absolute atomic E-state index is 12.9. The lowest BCUT2D eigenvalue weighted by atomic mass is 10.0. The molecular formula is C19H17F3N4O5. The lowest BCUT2D eigenvalue weighted by molar-refractivity contribution is -0.185. The minimum Gasteiger partial charge on any atom is -0.368 e. The van der Waals surface area contributed by atoms with E-state index in [1.165, 1.54) is 12.1 Å². The monoisotopic (exact) mass is 438 g/mol. The summed E-state index contributed by atoms with van der Waals surface area (Å²) in [5.41, 5.74) is 0.717. The van der Waals surface area contributed by atoms with Gasteiger partial charge in [0.15, 0.2) is 0 Å². The van der Waals surface area contributed by atoms with Gasteiger partial charge in [0.25, 0.3) is 11.8 Å². The molecular weight excluding hydrogens is 421 g/mol. The van der Waals surface area contributed by atoms with Crippen LogP contribution in [0.4, 0.5) is 18.9 Å². The number of hydrogen-bond donors (Lipinski definition) is 1. The Bertz CT molecular complexity index is 1000. The fraction of sp³-hybridized carbons (Fsp3) is 0.421. The Morgan fingerprint density at radius 3 is 2.23 bits per heavy atom. The summed E-state index contributed by atoms with van der Waals surface area (Å²) in [6.07, 6.45) is -4.88. The molecule has 2 fully saturated rings. The second-order valence-electron chi connectivity index (χ2n) is 7.45. The van der Waals surface area contributed by atoms with Gasteiger partial charge >= 0.3 is 12.1 Å². The highest BCUT2D eigenvalue weighted by molar-refractivity contribution is 6.23. The van der Waals surface area contributed by atoms with Crippen LogP contribution in [0.2, 0.25) is 0 Å². The van der Waals surface area contributed by atoms with Crippen molar-refractivity contribution in [2.75, 3.05) is 31.1 Å². The number of piperidine rings is 1. The molecule has 1 N–H and O–H groups in total. The average molecular weight is 438 g/mol. The SMILES string of the molecule is O=C1CCC(N2C(=O)c3ccc(N4CCN(C(=O)C(F)(F)F)CC4)cc3C2=O)C(=O)N1. The Kier molecular flexibility index (Phi) is 4.94. The highest BCUT2D eigenvalue weighted by Gasteiger charge is 2.45. The van der Waals surface area contributed by atoms with Gasteiger partial charge < -0.3 is 9.80 Å². The molecule has 0 bridgehead atoms. The van der Waals surface area contributed by atoms with Crippen LogP contribution >= 0.6 is 0 Å². The van der Waals surface area contributed by atoms with Crippen molar-refractivity contribution in [3.8, 4) is 0 Å². The van der Waals surface area contributed by atoms with Gasteiger partial charge in [-0.2, -0.15) is 13.2 Å². The van der Waals surface area contributed by atoms with E-state index in [1.54, 1.807) is 11.0 Å². The van der Waals surface area contributed by atoms with Gasteiger partial charge in [-0.3, -0.25) is 34.2 Å². The van der Waals surface area contributed by atoms with Crippen molar-refractivity contribution in [3.63, 3.8) is 0 Å². The molecule has 1 atom stereocenters. The molecule has 0 aromatic heterocycles. The smallest absolute Gasteiger partial charge is 0.368 e.